The molecule has 0 aromatic heterocycles. The van der Waals surface area contributed by atoms with Gasteiger partial charge in [0.05, 0.1) is 5.69 Å². The fraction of sp³-hybridized carbons (Fsp3) is 0.571. The number of nitrogens with one attached hydrogen (secondary N) is 1. The highest BCUT2D eigenvalue weighted by Gasteiger charge is 2.41. The molecule has 1 aromatic rings. The van der Waals surface area contributed by atoms with Gasteiger partial charge in [-0.05, 0) is 36.8 Å². The van der Waals surface area contributed by atoms with Crippen LogP contribution in [0.15, 0.2) is 23.1 Å². The molecule has 2 nitrogen and oxygen atoms in total. The van der Waals surface area contributed by atoms with Crippen molar-refractivity contribution in [1.29, 1.82) is 0 Å². The summed E-state index contributed by atoms with van der Waals surface area (Å²) in [7, 11) is 0. The van der Waals surface area contributed by atoms with Gasteiger partial charge < -0.3 is 10.2 Å². The number of thioether (sulfide) groups is 1. The van der Waals surface area contributed by atoms with Crippen molar-refractivity contribution in [3.8, 4) is 0 Å². The third kappa shape index (κ3) is 1.45. The highest BCUT2D eigenvalue weighted by atomic mass is 32.2. The molecule has 0 saturated carbocycles. The van der Waals surface area contributed by atoms with Gasteiger partial charge in [0.15, 0.2) is 0 Å². The fourth-order valence-electron chi connectivity index (χ4n) is 3.66. The van der Waals surface area contributed by atoms with Gasteiger partial charge in [0.1, 0.15) is 0 Å². The second-order valence-electron chi connectivity index (χ2n) is 5.26. The molecule has 1 saturated heterocycles. The Morgan fingerprint density at radius 3 is 3.35 bits per heavy atom. The van der Waals surface area contributed by atoms with Crippen molar-refractivity contribution in [2.75, 3.05) is 30.3 Å². The highest BCUT2D eigenvalue weighted by molar-refractivity contribution is 7.99. The van der Waals surface area contributed by atoms with E-state index in [9.17, 15) is 0 Å². The minimum absolute atomic E-state index is 0.734. The van der Waals surface area contributed by atoms with Crippen LogP contribution in [-0.4, -0.2) is 31.4 Å². The molecular weight excluding hydrogens is 228 g/mol. The van der Waals surface area contributed by atoms with Crippen LogP contribution >= 0.6 is 11.8 Å². The van der Waals surface area contributed by atoms with Crippen LogP contribution in [0.1, 0.15) is 24.3 Å². The van der Waals surface area contributed by atoms with Crippen LogP contribution in [0.4, 0.5) is 5.69 Å². The van der Waals surface area contributed by atoms with Crippen molar-refractivity contribution in [3.05, 3.63) is 23.8 Å². The van der Waals surface area contributed by atoms with Gasteiger partial charge in [0, 0.05) is 29.9 Å². The lowest BCUT2D eigenvalue weighted by atomic mass is 9.90. The first-order chi connectivity index (χ1) is 8.45. The van der Waals surface area contributed by atoms with Crippen molar-refractivity contribution in [2.24, 2.45) is 0 Å². The van der Waals surface area contributed by atoms with Crippen molar-refractivity contribution in [1.82, 2.24) is 5.32 Å². The van der Waals surface area contributed by atoms with E-state index in [2.05, 4.69) is 40.2 Å². The third-order valence-electron chi connectivity index (χ3n) is 4.36. The second-order valence-corrected chi connectivity index (χ2v) is 6.39. The summed E-state index contributed by atoms with van der Waals surface area (Å²) in [5.74, 6) is 2.01. The number of hydrogen-bond acceptors (Lipinski definition) is 3. The maximum Gasteiger partial charge on any atom is 0.0543 e. The minimum Gasteiger partial charge on any atom is -0.367 e. The summed E-state index contributed by atoms with van der Waals surface area (Å²) in [5, 5.41) is 3.56. The lowest BCUT2D eigenvalue weighted by molar-refractivity contribution is 0.403. The Morgan fingerprint density at radius 2 is 2.35 bits per heavy atom. The molecule has 1 N–H and O–H groups in total. The molecule has 3 heterocycles. The number of anilines is 1. The Kier molecular flexibility index (Phi) is 2.37. The van der Waals surface area contributed by atoms with Gasteiger partial charge in [0.25, 0.3) is 0 Å². The Bertz CT molecular complexity index is 446. The lowest BCUT2D eigenvalue weighted by Crippen LogP contribution is -2.44. The number of para-hydroxylation sites is 1. The summed E-state index contributed by atoms with van der Waals surface area (Å²) in [5.41, 5.74) is 3.18. The average Bonchev–Trinajstić information content (AvgIpc) is 2.56. The maximum absolute atomic E-state index is 3.56. The first-order valence-electron chi connectivity index (χ1n) is 6.68. The topological polar surface area (TPSA) is 15.3 Å². The molecule has 0 radical (unpaired) electrons. The fourth-order valence-corrected chi connectivity index (χ4v) is 4.70. The predicted molar refractivity (Wildman–Crippen MR) is 73.1 cm³/mol. The molecule has 2 unspecified atom stereocenters. The van der Waals surface area contributed by atoms with Gasteiger partial charge in [-0.25, -0.2) is 0 Å². The second kappa shape index (κ2) is 3.92. The first-order valence-corrected chi connectivity index (χ1v) is 7.67. The maximum atomic E-state index is 3.56. The molecule has 0 spiro atoms. The lowest BCUT2D eigenvalue weighted by Gasteiger charge is -2.33. The highest BCUT2D eigenvalue weighted by Crippen LogP contribution is 2.49. The number of nitrogens with zero attached hydrogens (tertiary/aromatic N) is 1. The third-order valence-corrected chi connectivity index (χ3v) is 5.50. The van der Waals surface area contributed by atoms with Gasteiger partial charge in [0.2, 0.25) is 0 Å². The van der Waals surface area contributed by atoms with Crippen LogP contribution in [0.5, 0.6) is 0 Å². The molecule has 90 valence electrons. The molecule has 4 rings (SSSR count). The Labute approximate surface area is 107 Å². The van der Waals surface area contributed by atoms with Crippen LogP contribution in [0.2, 0.25) is 0 Å². The van der Waals surface area contributed by atoms with Crippen molar-refractivity contribution >= 4 is 17.4 Å². The number of benzene rings is 1. The summed E-state index contributed by atoms with van der Waals surface area (Å²) in [6.07, 6.45) is 2.64. The summed E-state index contributed by atoms with van der Waals surface area (Å²) < 4.78 is 0. The van der Waals surface area contributed by atoms with E-state index in [1.807, 2.05) is 0 Å². The molecular formula is C14H18N2S. The number of rotatable bonds is 0. The Balaban J connectivity index is 1.87. The van der Waals surface area contributed by atoms with Gasteiger partial charge in [-0.3, -0.25) is 0 Å². The van der Waals surface area contributed by atoms with Crippen molar-refractivity contribution in [3.63, 3.8) is 0 Å². The van der Waals surface area contributed by atoms with Gasteiger partial charge in [-0.2, -0.15) is 0 Å². The minimum atomic E-state index is 0.734. The van der Waals surface area contributed by atoms with Crippen LogP contribution in [0.3, 0.4) is 0 Å². The van der Waals surface area contributed by atoms with Crippen molar-refractivity contribution < 1.29 is 0 Å². The smallest absolute Gasteiger partial charge is 0.0543 e. The van der Waals surface area contributed by atoms with Crippen LogP contribution in [0.25, 0.3) is 0 Å². The SMILES string of the molecule is c1cc2c3c(c1)C1CNCCC1N3CCCS2. The van der Waals surface area contributed by atoms with Gasteiger partial charge in [-0.1, -0.05) is 12.1 Å². The molecule has 0 amide bonds. The zero-order valence-electron chi connectivity index (χ0n) is 9.98. The molecule has 1 fully saturated rings. The van der Waals surface area contributed by atoms with Crippen molar-refractivity contribution in [2.45, 2.75) is 29.7 Å². The van der Waals surface area contributed by atoms with Crippen LogP contribution < -0.4 is 10.2 Å². The summed E-state index contributed by atoms with van der Waals surface area (Å²) >= 11 is 2.05. The van der Waals surface area contributed by atoms with E-state index in [-0.39, 0.29) is 0 Å². The molecule has 3 heteroatoms. The standard InChI is InChI=1S/C14H18N2S/c1-3-10-11-9-15-6-5-12(11)16-7-2-8-17-13(4-1)14(10)16/h1,3-4,11-12,15H,2,5-9H2. The number of piperidine rings is 1. The normalized spacial score (nSPS) is 30.7. The monoisotopic (exact) mass is 246 g/mol. The molecule has 0 bridgehead atoms. The summed E-state index contributed by atoms with van der Waals surface area (Å²) in [6, 6.07) is 7.69. The summed E-state index contributed by atoms with van der Waals surface area (Å²) in [4.78, 5) is 4.24. The Hall–Kier alpha value is -0.670. The molecule has 3 aliphatic rings. The van der Waals surface area contributed by atoms with E-state index >= 15 is 0 Å². The largest absolute Gasteiger partial charge is 0.367 e. The molecule has 0 aliphatic carbocycles. The van der Waals surface area contributed by atoms with E-state index in [4.69, 9.17) is 0 Å². The Morgan fingerprint density at radius 1 is 1.35 bits per heavy atom. The van der Waals surface area contributed by atoms with Gasteiger partial charge in [-0.15, -0.1) is 11.8 Å². The van der Waals surface area contributed by atoms with E-state index in [0.29, 0.717) is 0 Å². The molecule has 1 aromatic carbocycles. The number of hydrogen-bond donors (Lipinski definition) is 1. The van der Waals surface area contributed by atoms with E-state index < -0.39 is 0 Å². The zero-order chi connectivity index (χ0) is 11.2. The molecule has 17 heavy (non-hydrogen) atoms. The van der Waals surface area contributed by atoms with Crippen LogP contribution in [0, 0.1) is 0 Å². The van der Waals surface area contributed by atoms with E-state index in [0.717, 1.165) is 12.0 Å². The quantitative estimate of drug-likeness (QED) is 0.757. The van der Waals surface area contributed by atoms with E-state index in [1.165, 1.54) is 43.1 Å². The molecule has 3 aliphatic heterocycles. The summed E-state index contributed by atoms with van der Waals surface area (Å²) in [6.45, 7) is 3.62. The first kappa shape index (κ1) is 10.3. The average molecular weight is 246 g/mol. The molecule has 2 atom stereocenters. The van der Waals surface area contributed by atoms with E-state index in [1.54, 1.807) is 11.3 Å². The number of fused-ring (bicyclic) bond motifs is 3. The zero-order valence-corrected chi connectivity index (χ0v) is 10.8. The predicted octanol–water partition coefficient (Wildman–Crippen LogP) is 2.45. The van der Waals surface area contributed by atoms with Gasteiger partial charge >= 0.3 is 0 Å². The van der Waals surface area contributed by atoms with Crippen LogP contribution in [-0.2, 0) is 0 Å².